The van der Waals surface area contributed by atoms with Gasteiger partial charge >= 0.3 is 0 Å². The van der Waals surface area contributed by atoms with Gasteiger partial charge in [-0.05, 0) is 44.5 Å². The standard InChI is InChI=1S/C16H22ClN5O/c1-2-21-10-4-3-5-12(21)6-9-16(23)19-14-11-22-15(18-14)8-7-13(17)20-22/h7-8,11-12H,2-6,9-10H2,1H3,(H,19,23). The van der Waals surface area contributed by atoms with Crippen molar-refractivity contribution < 1.29 is 4.79 Å². The van der Waals surface area contributed by atoms with Crippen LogP contribution in [0.3, 0.4) is 0 Å². The molecule has 6 nitrogen and oxygen atoms in total. The Labute approximate surface area is 140 Å². The maximum Gasteiger partial charge on any atom is 0.225 e. The summed E-state index contributed by atoms with van der Waals surface area (Å²) in [5.41, 5.74) is 0.661. The summed E-state index contributed by atoms with van der Waals surface area (Å²) in [6, 6.07) is 3.98. The Balaban J connectivity index is 1.55. The zero-order valence-electron chi connectivity index (χ0n) is 13.3. The minimum absolute atomic E-state index is 0.00105. The first kappa shape index (κ1) is 16.2. The molecule has 1 saturated heterocycles. The zero-order chi connectivity index (χ0) is 16.2. The van der Waals surface area contributed by atoms with Gasteiger partial charge < -0.3 is 10.2 Å². The highest BCUT2D eigenvalue weighted by Crippen LogP contribution is 2.20. The Morgan fingerprint density at radius 1 is 1.43 bits per heavy atom. The maximum atomic E-state index is 12.2. The van der Waals surface area contributed by atoms with Gasteiger partial charge in [-0.15, -0.1) is 0 Å². The summed E-state index contributed by atoms with van der Waals surface area (Å²) in [5, 5.41) is 7.35. The van der Waals surface area contributed by atoms with E-state index in [0.717, 1.165) is 19.5 Å². The first-order valence-corrected chi connectivity index (χ1v) is 8.59. The average Bonchev–Trinajstić information content (AvgIpc) is 2.94. The second-order valence-electron chi connectivity index (χ2n) is 5.95. The Kier molecular flexibility index (Phi) is 5.13. The van der Waals surface area contributed by atoms with Gasteiger partial charge in [0.25, 0.3) is 0 Å². The van der Waals surface area contributed by atoms with Crippen molar-refractivity contribution in [3.8, 4) is 0 Å². The fourth-order valence-corrected chi connectivity index (χ4v) is 3.37. The van der Waals surface area contributed by atoms with E-state index in [0.29, 0.717) is 29.1 Å². The normalized spacial score (nSPS) is 19.1. The molecule has 0 radical (unpaired) electrons. The first-order chi connectivity index (χ1) is 11.2. The molecule has 23 heavy (non-hydrogen) atoms. The molecule has 0 spiro atoms. The van der Waals surface area contributed by atoms with E-state index in [1.165, 1.54) is 19.3 Å². The van der Waals surface area contributed by atoms with E-state index < -0.39 is 0 Å². The third-order valence-electron chi connectivity index (χ3n) is 4.41. The van der Waals surface area contributed by atoms with E-state index in [-0.39, 0.29) is 5.91 Å². The largest absolute Gasteiger partial charge is 0.309 e. The molecule has 1 aliphatic rings. The van der Waals surface area contributed by atoms with Gasteiger partial charge in [0.2, 0.25) is 5.91 Å². The van der Waals surface area contributed by atoms with Gasteiger partial charge in [0, 0.05) is 12.5 Å². The molecule has 3 heterocycles. The Hall–Kier alpha value is -1.66. The zero-order valence-corrected chi connectivity index (χ0v) is 14.1. The van der Waals surface area contributed by atoms with Crippen LogP contribution in [-0.2, 0) is 4.79 Å². The second kappa shape index (κ2) is 7.27. The van der Waals surface area contributed by atoms with Gasteiger partial charge in [-0.3, -0.25) is 4.79 Å². The molecule has 0 aromatic carbocycles. The SMILES string of the molecule is CCN1CCCCC1CCC(=O)Nc1cn2nc(Cl)ccc2n1. The van der Waals surface area contributed by atoms with E-state index in [1.54, 1.807) is 22.8 Å². The van der Waals surface area contributed by atoms with E-state index in [9.17, 15) is 4.79 Å². The molecule has 2 aromatic heterocycles. The summed E-state index contributed by atoms with van der Waals surface area (Å²) in [6.07, 6.45) is 6.82. The summed E-state index contributed by atoms with van der Waals surface area (Å²) >= 11 is 5.85. The first-order valence-electron chi connectivity index (χ1n) is 8.21. The highest BCUT2D eigenvalue weighted by molar-refractivity contribution is 6.29. The monoisotopic (exact) mass is 335 g/mol. The summed E-state index contributed by atoms with van der Waals surface area (Å²) in [5.74, 6) is 0.516. The number of carbonyl (C=O) groups is 1. The van der Waals surface area contributed by atoms with Gasteiger partial charge in [-0.2, -0.15) is 5.10 Å². The molecule has 7 heteroatoms. The number of piperidine rings is 1. The molecular formula is C16H22ClN5O. The quantitative estimate of drug-likeness (QED) is 0.912. The number of likely N-dealkylation sites (tertiary alicyclic amines) is 1. The van der Waals surface area contributed by atoms with Crippen molar-refractivity contribution in [1.82, 2.24) is 19.5 Å². The van der Waals surface area contributed by atoms with Crippen LogP contribution >= 0.6 is 11.6 Å². The van der Waals surface area contributed by atoms with Gasteiger partial charge in [-0.1, -0.05) is 24.9 Å². The highest BCUT2D eigenvalue weighted by atomic mass is 35.5. The molecule has 0 bridgehead atoms. The number of amides is 1. The fraction of sp³-hybridized carbons (Fsp3) is 0.562. The van der Waals surface area contributed by atoms with Crippen LogP contribution in [0.25, 0.3) is 5.65 Å². The van der Waals surface area contributed by atoms with E-state index in [4.69, 9.17) is 11.6 Å². The number of aromatic nitrogens is 3. The lowest BCUT2D eigenvalue weighted by molar-refractivity contribution is -0.116. The van der Waals surface area contributed by atoms with E-state index in [1.807, 2.05) is 0 Å². The minimum Gasteiger partial charge on any atom is -0.309 e. The maximum absolute atomic E-state index is 12.2. The molecule has 1 aliphatic heterocycles. The number of rotatable bonds is 5. The van der Waals surface area contributed by atoms with E-state index in [2.05, 4.69) is 27.2 Å². The Bertz CT molecular complexity index is 686. The molecule has 1 N–H and O–H groups in total. The average molecular weight is 336 g/mol. The Morgan fingerprint density at radius 3 is 3.13 bits per heavy atom. The summed E-state index contributed by atoms with van der Waals surface area (Å²) < 4.78 is 1.57. The summed E-state index contributed by atoms with van der Waals surface area (Å²) in [4.78, 5) is 19.0. The predicted octanol–water partition coefficient (Wildman–Crippen LogP) is 2.98. The number of carbonyl (C=O) groups excluding carboxylic acids is 1. The second-order valence-corrected chi connectivity index (χ2v) is 6.34. The van der Waals surface area contributed by atoms with Crippen molar-refractivity contribution in [2.24, 2.45) is 0 Å². The molecule has 0 saturated carbocycles. The number of hydrogen-bond acceptors (Lipinski definition) is 4. The number of halogens is 1. The highest BCUT2D eigenvalue weighted by Gasteiger charge is 2.21. The van der Waals surface area contributed by atoms with Crippen LogP contribution in [0, 0.1) is 0 Å². The number of nitrogens with one attached hydrogen (secondary N) is 1. The Morgan fingerprint density at radius 2 is 2.30 bits per heavy atom. The fourth-order valence-electron chi connectivity index (χ4n) is 3.23. The number of anilines is 1. The van der Waals surface area contributed by atoms with Crippen molar-refractivity contribution in [2.45, 2.75) is 45.1 Å². The van der Waals surface area contributed by atoms with Crippen molar-refractivity contribution in [3.63, 3.8) is 0 Å². The topological polar surface area (TPSA) is 62.5 Å². The number of imidazole rings is 1. The van der Waals surface area contributed by atoms with Crippen molar-refractivity contribution in [1.29, 1.82) is 0 Å². The molecule has 2 aromatic rings. The third-order valence-corrected chi connectivity index (χ3v) is 4.62. The number of hydrogen-bond donors (Lipinski definition) is 1. The summed E-state index contributed by atoms with van der Waals surface area (Å²) in [7, 11) is 0. The number of fused-ring (bicyclic) bond motifs is 1. The van der Waals surface area contributed by atoms with Gasteiger partial charge in [0.1, 0.15) is 5.15 Å². The molecule has 3 rings (SSSR count). The molecule has 1 atom stereocenters. The van der Waals surface area contributed by atoms with Crippen LogP contribution in [0.4, 0.5) is 5.82 Å². The lowest BCUT2D eigenvalue weighted by Crippen LogP contribution is -2.39. The summed E-state index contributed by atoms with van der Waals surface area (Å²) in [6.45, 7) is 4.40. The lowest BCUT2D eigenvalue weighted by Gasteiger charge is -2.34. The lowest BCUT2D eigenvalue weighted by atomic mass is 9.98. The van der Waals surface area contributed by atoms with Gasteiger partial charge in [0.05, 0.1) is 6.20 Å². The molecule has 1 amide bonds. The molecular weight excluding hydrogens is 314 g/mol. The molecule has 0 aliphatic carbocycles. The predicted molar refractivity (Wildman–Crippen MR) is 90.7 cm³/mol. The van der Waals surface area contributed by atoms with Crippen LogP contribution in [0.2, 0.25) is 5.15 Å². The third kappa shape index (κ3) is 4.00. The smallest absolute Gasteiger partial charge is 0.225 e. The minimum atomic E-state index is 0.00105. The van der Waals surface area contributed by atoms with Crippen LogP contribution < -0.4 is 5.32 Å². The molecule has 124 valence electrons. The van der Waals surface area contributed by atoms with Crippen LogP contribution in [-0.4, -0.2) is 44.5 Å². The molecule has 1 fully saturated rings. The van der Waals surface area contributed by atoms with Crippen LogP contribution in [0.15, 0.2) is 18.3 Å². The van der Waals surface area contributed by atoms with Crippen molar-refractivity contribution in [2.75, 3.05) is 18.4 Å². The molecule has 1 unspecified atom stereocenters. The van der Waals surface area contributed by atoms with Crippen molar-refractivity contribution in [3.05, 3.63) is 23.5 Å². The van der Waals surface area contributed by atoms with Gasteiger partial charge in [0.15, 0.2) is 11.5 Å². The van der Waals surface area contributed by atoms with Gasteiger partial charge in [-0.25, -0.2) is 9.50 Å². The van der Waals surface area contributed by atoms with Crippen LogP contribution in [0.1, 0.15) is 39.0 Å². The van der Waals surface area contributed by atoms with Crippen LogP contribution in [0.5, 0.6) is 0 Å². The van der Waals surface area contributed by atoms with E-state index >= 15 is 0 Å². The number of nitrogens with zero attached hydrogens (tertiary/aromatic N) is 4. The van der Waals surface area contributed by atoms with Crippen molar-refractivity contribution >= 4 is 29.0 Å².